The van der Waals surface area contributed by atoms with Gasteiger partial charge in [0.2, 0.25) is 0 Å². The molecular weight excluding hydrogens is 667 g/mol. The van der Waals surface area contributed by atoms with Crippen LogP contribution in [0.2, 0.25) is 0 Å². The van der Waals surface area contributed by atoms with Gasteiger partial charge in [0.25, 0.3) is 0 Å². The van der Waals surface area contributed by atoms with Crippen molar-refractivity contribution >= 4 is 71.4 Å². The monoisotopic (exact) mass is 701 g/mol. The average Bonchev–Trinajstić information content (AvgIpc) is 3.77. The molecule has 3 heteroatoms. The molecule has 0 N–H and O–H groups in total. The Morgan fingerprint density at radius 1 is 0.309 bits per heavy atom. The molecule has 0 radical (unpaired) electrons. The maximum atomic E-state index is 2.45. The lowest BCUT2D eigenvalue weighted by atomic mass is 10.0. The highest BCUT2D eigenvalue weighted by Gasteiger charge is 2.23. The molecule has 9 aromatic carbocycles. The summed E-state index contributed by atoms with van der Waals surface area (Å²) in [7, 11) is 0. The van der Waals surface area contributed by atoms with Gasteiger partial charge in [0.1, 0.15) is 0 Å². The van der Waals surface area contributed by atoms with Crippen LogP contribution in [0.4, 0.5) is 17.1 Å². The quantitative estimate of drug-likeness (QED) is 0.168. The Morgan fingerprint density at radius 2 is 0.945 bits per heavy atom. The van der Waals surface area contributed by atoms with Crippen molar-refractivity contribution in [3.8, 4) is 22.5 Å². The predicted molar refractivity (Wildman–Crippen MR) is 233 cm³/mol. The summed E-state index contributed by atoms with van der Waals surface area (Å²) in [5.74, 6) is 0. The van der Waals surface area contributed by atoms with Gasteiger partial charge in [-0.1, -0.05) is 146 Å². The molecule has 0 aliphatic heterocycles. The van der Waals surface area contributed by atoms with Crippen molar-refractivity contribution in [2.75, 3.05) is 4.90 Å². The third kappa shape index (κ3) is 5.05. The Hall–Kier alpha value is -7.36. The fourth-order valence-electron chi connectivity index (χ4n) is 8.58. The van der Waals surface area contributed by atoms with Crippen LogP contribution in [-0.2, 0) is 0 Å². The average molecular weight is 702 g/mol. The summed E-state index contributed by atoms with van der Waals surface area (Å²) in [6, 6.07) is 77.0. The minimum atomic E-state index is 1.09. The van der Waals surface area contributed by atoms with Crippen molar-refractivity contribution in [3.63, 3.8) is 0 Å². The summed E-state index contributed by atoms with van der Waals surface area (Å²) in [6.45, 7) is 0. The third-order valence-electron chi connectivity index (χ3n) is 11.1. The van der Waals surface area contributed by atoms with Crippen molar-refractivity contribution in [2.45, 2.75) is 0 Å². The van der Waals surface area contributed by atoms with Gasteiger partial charge in [-0.2, -0.15) is 0 Å². The second kappa shape index (κ2) is 12.6. The van der Waals surface area contributed by atoms with Crippen molar-refractivity contribution < 1.29 is 0 Å². The van der Waals surface area contributed by atoms with E-state index in [0.29, 0.717) is 0 Å². The van der Waals surface area contributed by atoms with Gasteiger partial charge in [-0.25, -0.2) is 0 Å². The molecule has 0 aliphatic carbocycles. The molecular formula is C52H35N3. The first-order valence-corrected chi connectivity index (χ1v) is 18.9. The molecule has 2 aromatic heterocycles. The van der Waals surface area contributed by atoms with E-state index >= 15 is 0 Å². The van der Waals surface area contributed by atoms with Gasteiger partial charge in [0.15, 0.2) is 0 Å². The van der Waals surface area contributed by atoms with Crippen LogP contribution >= 0.6 is 0 Å². The number of hydrogen-bond donors (Lipinski definition) is 0. The van der Waals surface area contributed by atoms with E-state index in [9.17, 15) is 0 Å². The zero-order valence-corrected chi connectivity index (χ0v) is 30.0. The number of nitrogens with zero attached hydrogens (tertiary/aromatic N) is 3. The lowest BCUT2D eigenvalue weighted by Crippen LogP contribution is -2.11. The van der Waals surface area contributed by atoms with E-state index in [1.807, 2.05) is 0 Å². The number of hydrogen-bond acceptors (Lipinski definition) is 1. The lowest BCUT2D eigenvalue weighted by Gasteiger charge is -2.27. The standard InChI is InChI=1S/C52H35N3/c1-4-15-36(16-5-1)39-28-31-45-46-32-30-43(35-51(46)54(50(45)34-39)41-21-8-3-9-22-41)53(40-19-6-2-7-20-40)49-26-14-24-47-44-23-12-13-25-48(44)55(52(47)49)42-29-27-37-17-10-11-18-38(37)33-42/h1-35H. The highest BCUT2D eigenvalue weighted by atomic mass is 15.2. The van der Waals surface area contributed by atoms with Crippen molar-refractivity contribution in [1.82, 2.24) is 9.13 Å². The Morgan fingerprint density at radius 3 is 1.76 bits per heavy atom. The molecule has 0 saturated heterocycles. The maximum absolute atomic E-state index is 2.45. The molecule has 0 unspecified atom stereocenters. The fraction of sp³-hybridized carbons (Fsp3) is 0. The van der Waals surface area contributed by atoms with Crippen LogP contribution < -0.4 is 4.90 Å². The van der Waals surface area contributed by atoms with Gasteiger partial charge in [0, 0.05) is 44.3 Å². The molecule has 0 spiro atoms. The number of rotatable bonds is 6. The van der Waals surface area contributed by atoms with Crippen molar-refractivity contribution in [2.24, 2.45) is 0 Å². The van der Waals surface area contributed by atoms with E-state index in [4.69, 9.17) is 0 Å². The molecule has 55 heavy (non-hydrogen) atoms. The Kier molecular flexibility index (Phi) is 7.17. The minimum absolute atomic E-state index is 1.09. The molecule has 0 bridgehead atoms. The summed E-state index contributed by atoms with van der Waals surface area (Å²) in [6.07, 6.45) is 0. The predicted octanol–water partition coefficient (Wildman–Crippen LogP) is 14.2. The highest BCUT2D eigenvalue weighted by Crippen LogP contribution is 2.45. The molecule has 3 nitrogen and oxygen atoms in total. The smallest absolute Gasteiger partial charge is 0.0782 e. The van der Waals surface area contributed by atoms with Gasteiger partial charge in [0.05, 0.1) is 27.8 Å². The first-order valence-electron chi connectivity index (χ1n) is 18.9. The summed E-state index contributed by atoms with van der Waals surface area (Å²) in [4.78, 5) is 2.43. The SMILES string of the molecule is c1ccc(-c2ccc3c4ccc(N(c5ccccc5)c5cccc6c7ccccc7n(-c7ccc8ccccc8c7)c56)cc4n(-c4ccccc4)c3c2)cc1. The first kappa shape index (κ1) is 31.2. The van der Waals surface area contributed by atoms with Crippen LogP contribution in [0.5, 0.6) is 0 Å². The van der Waals surface area contributed by atoms with Crippen LogP contribution in [0.3, 0.4) is 0 Å². The van der Waals surface area contributed by atoms with Gasteiger partial charge >= 0.3 is 0 Å². The molecule has 0 amide bonds. The van der Waals surface area contributed by atoms with Crippen LogP contribution in [0.15, 0.2) is 212 Å². The molecule has 11 rings (SSSR count). The van der Waals surface area contributed by atoms with Gasteiger partial charge in [-0.15, -0.1) is 0 Å². The highest BCUT2D eigenvalue weighted by molar-refractivity contribution is 6.15. The minimum Gasteiger partial charge on any atom is -0.309 e. The molecule has 0 saturated carbocycles. The third-order valence-corrected chi connectivity index (χ3v) is 11.1. The number of aromatic nitrogens is 2. The van der Waals surface area contributed by atoms with Gasteiger partial charge in [-0.05, 0) is 88.6 Å². The Balaban J connectivity index is 1.20. The van der Waals surface area contributed by atoms with Crippen molar-refractivity contribution in [3.05, 3.63) is 212 Å². The van der Waals surface area contributed by atoms with E-state index in [2.05, 4.69) is 226 Å². The second-order valence-electron chi connectivity index (χ2n) is 14.2. The molecule has 0 atom stereocenters. The van der Waals surface area contributed by atoms with E-state index < -0.39 is 0 Å². The van der Waals surface area contributed by atoms with Crippen LogP contribution in [0, 0.1) is 0 Å². The molecule has 2 heterocycles. The normalized spacial score (nSPS) is 11.6. The van der Waals surface area contributed by atoms with E-state index in [1.54, 1.807) is 0 Å². The maximum Gasteiger partial charge on any atom is 0.0782 e. The Labute approximate surface area is 319 Å². The number of para-hydroxylation sites is 4. The van der Waals surface area contributed by atoms with Crippen LogP contribution in [0.25, 0.3) is 76.9 Å². The molecule has 11 aromatic rings. The second-order valence-corrected chi connectivity index (χ2v) is 14.2. The van der Waals surface area contributed by atoms with E-state index in [-0.39, 0.29) is 0 Å². The zero-order valence-electron chi connectivity index (χ0n) is 30.0. The van der Waals surface area contributed by atoms with Gasteiger partial charge in [-0.3, -0.25) is 0 Å². The number of anilines is 3. The zero-order chi connectivity index (χ0) is 36.3. The largest absolute Gasteiger partial charge is 0.309 e. The Bertz CT molecular complexity index is 3190. The van der Waals surface area contributed by atoms with Gasteiger partial charge < -0.3 is 14.0 Å². The van der Waals surface area contributed by atoms with Crippen molar-refractivity contribution in [1.29, 1.82) is 0 Å². The number of benzene rings is 9. The topological polar surface area (TPSA) is 13.1 Å². The summed E-state index contributed by atoms with van der Waals surface area (Å²) in [5.41, 5.74) is 12.7. The molecule has 0 aliphatic rings. The first-order chi connectivity index (χ1) is 27.3. The number of fused-ring (bicyclic) bond motifs is 7. The summed E-state index contributed by atoms with van der Waals surface area (Å²) >= 11 is 0. The summed E-state index contributed by atoms with van der Waals surface area (Å²) < 4.78 is 4.88. The van der Waals surface area contributed by atoms with E-state index in [0.717, 1.165) is 34.0 Å². The van der Waals surface area contributed by atoms with Crippen LogP contribution in [-0.4, -0.2) is 9.13 Å². The fourth-order valence-corrected chi connectivity index (χ4v) is 8.58. The van der Waals surface area contributed by atoms with E-state index in [1.165, 1.54) is 60.0 Å². The van der Waals surface area contributed by atoms with Crippen LogP contribution in [0.1, 0.15) is 0 Å². The molecule has 258 valence electrons. The lowest BCUT2D eigenvalue weighted by molar-refractivity contribution is 1.17. The molecule has 0 fully saturated rings. The summed E-state index contributed by atoms with van der Waals surface area (Å²) in [5, 5.41) is 7.35.